The number of carbonyl (C=O) groups excluding carboxylic acids is 4. The fourth-order valence-corrected chi connectivity index (χ4v) is 6.13. The van der Waals surface area contributed by atoms with E-state index in [-0.39, 0.29) is 33.9 Å². The topological polar surface area (TPSA) is 176 Å². The molecule has 50 heavy (non-hydrogen) atoms. The van der Waals surface area contributed by atoms with Crippen molar-refractivity contribution < 1.29 is 38.7 Å². The van der Waals surface area contributed by atoms with E-state index in [1.807, 2.05) is 38.1 Å². The van der Waals surface area contributed by atoms with Crippen LogP contribution in [0.2, 0.25) is 10.0 Å². The van der Waals surface area contributed by atoms with Gasteiger partial charge in [-0.05, 0) is 35.8 Å². The number of carboxylic acids is 1. The number of carboxylic acid groups (broad SMARTS) is 1. The molecule has 5 N–H and O–H groups in total. The number of aromatic nitrogens is 1. The second-order valence-electron chi connectivity index (χ2n) is 12.1. The summed E-state index contributed by atoms with van der Waals surface area (Å²) in [6.07, 6.45) is 2.32. The Labute approximate surface area is 297 Å². The SMILES string of the molecule is CC(C)[C@H](NC(=O)c1c[nH]c2ccccc12)C1=CC(Cc2ccccc2)(C(=O)N[C@@H](CC(=O)O)C(=O)COC(=O)c2c(Cl)cccc2Cl)ON1. The van der Waals surface area contributed by atoms with Gasteiger partial charge in [0.25, 0.3) is 11.8 Å². The summed E-state index contributed by atoms with van der Waals surface area (Å²) in [4.78, 5) is 74.4. The van der Waals surface area contributed by atoms with E-state index in [9.17, 15) is 29.1 Å². The molecule has 3 aromatic carbocycles. The lowest BCUT2D eigenvalue weighted by molar-refractivity contribution is -0.148. The Morgan fingerprint density at radius 3 is 2.28 bits per heavy atom. The normalized spacial score (nSPS) is 16.6. The molecule has 1 aromatic heterocycles. The number of para-hydroxylation sites is 1. The molecule has 2 heterocycles. The van der Waals surface area contributed by atoms with Crippen LogP contribution in [0.4, 0.5) is 0 Å². The van der Waals surface area contributed by atoms with Crippen LogP contribution in [0.25, 0.3) is 10.9 Å². The smallest absolute Gasteiger partial charge is 0.341 e. The Bertz CT molecular complexity index is 1940. The molecular weight excluding hydrogens is 687 g/mol. The lowest BCUT2D eigenvalue weighted by Gasteiger charge is -2.27. The summed E-state index contributed by atoms with van der Waals surface area (Å²) in [5.74, 6) is -4.65. The van der Waals surface area contributed by atoms with Crippen molar-refractivity contribution in [2.45, 2.75) is 44.4 Å². The molecule has 1 aliphatic heterocycles. The first-order valence-corrected chi connectivity index (χ1v) is 16.4. The lowest BCUT2D eigenvalue weighted by Crippen LogP contribution is -2.54. The average molecular weight is 722 g/mol. The molecule has 0 saturated heterocycles. The summed E-state index contributed by atoms with van der Waals surface area (Å²) in [6.45, 7) is 2.90. The van der Waals surface area contributed by atoms with Crippen LogP contribution in [0.1, 0.15) is 46.5 Å². The molecule has 2 amide bonds. The standard InChI is InChI=1S/C36H34Cl2N4O8/c1-20(2)32(41-33(46)23-18-39-26-14-7-6-11-22(23)26)28-17-36(50-42-28,16-21-9-4-3-5-10-21)35(48)40-27(15-30(44)45)29(43)19-49-34(47)31-24(37)12-8-13-25(31)38/h3-14,17-18,20,27,32,39,42H,15-16,19H2,1-2H3,(H,40,48)(H,41,46)(H,44,45)/t27-,32-,36?/m0/s1. The van der Waals surface area contributed by atoms with Crippen molar-refractivity contribution in [3.05, 3.63) is 118 Å². The van der Waals surface area contributed by atoms with Crippen molar-refractivity contribution in [1.29, 1.82) is 0 Å². The van der Waals surface area contributed by atoms with Crippen molar-refractivity contribution in [2.75, 3.05) is 6.61 Å². The van der Waals surface area contributed by atoms with Crippen LogP contribution in [-0.4, -0.2) is 63.9 Å². The van der Waals surface area contributed by atoms with E-state index in [1.54, 1.807) is 36.5 Å². The molecule has 12 nitrogen and oxygen atoms in total. The fraction of sp³-hybridized carbons (Fsp3) is 0.250. The molecule has 3 atom stereocenters. The fourth-order valence-electron chi connectivity index (χ4n) is 5.58. The maximum atomic E-state index is 14.1. The minimum absolute atomic E-state index is 0.000920. The van der Waals surface area contributed by atoms with Gasteiger partial charge in [-0.3, -0.25) is 29.5 Å². The highest BCUT2D eigenvalue weighted by Crippen LogP contribution is 2.30. The molecular formula is C36H34Cl2N4O8. The zero-order chi connectivity index (χ0) is 36.0. The largest absolute Gasteiger partial charge is 0.481 e. The van der Waals surface area contributed by atoms with Gasteiger partial charge < -0.3 is 25.5 Å². The number of aliphatic carboxylic acids is 1. The van der Waals surface area contributed by atoms with E-state index < -0.39 is 54.3 Å². The minimum Gasteiger partial charge on any atom is -0.481 e. The van der Waals surface area contributed by atoms with Crippen molar-refractivity contribution in [3.63, 3.8) is 0 Å². The number of Topliss-reactive ketones (excluding diaryl/α,β-unsaturated/α-hetero) is 1. The molecule has 5 rings (SSSR count). The van der Waals surface area contributed by atoms with Gasteiger partial charge in [0.15, 0.2) is 18.0 Å². The Morgan fingerprint density at radius 1 is 0.920 bits per heavy atom. The lowest BCUT2D eigenvalue weighted by atomic mass is 9.90. The third-order valence-electron chi connectivity index (χ3n) is 8.14. The summed E-state index contributed by atoms with van der Waals surface area (Å²) in [5.41, 5.74) is 3.17. The first-order chi connectivity index (χ1) is 23.9. The highest BCUT2D eigenvalue weighted by molar-refractivity contribution is 6.39. The number of carbonyl (C=O) groups is 5. The number of ketones is 1. The maximum absolute atomic E-state index is 14.1. The Kier molecular flexibility index (Phi) is 11.3. The predicted octanol–water partition coefficient (Wildman–Crippen LogP) is 5.01. The van der Waals surface area contributed by atoms with Crippen LogP contribution in [0.3, 0.4) is 0 Å². The number of rotatable bonds is 14. The van der Waals surface area contributed by atoms with Crippen molar-refractivity contribution >= 4 is 63.6 Å². The van der Waals surface area contributed by atoms with Gasteiger partial charge in [0, 0.05) is 23.5 Å². The maximum Gasteiger partial charge on any atom is 0.341 e. The molecule has 0 spiro atoms. The van der Waals surface area contributed by atoms with Gasteiger partial charge in [-0.15, -0.1) is 0 Å². The van der Waals surface area contributed by atoms with E-state index >= 15 is 0 Å². The number of hydroxylamine groups is 1. The van der Waals surface area contributed by atoms with Crippen LogP contribution in [-0.2, 0) is 30.4 Å². The molecule has 0 saturated carbocycles. The van der Waals surface area contributed by atoms with Crippen LogP contribution < -0.4 is 16.1 Å². The van der Waals surface area contributed by atoms with Crippen molar-refractivity contribution in [2.24, 2.45) is 5.92 Å². The average Bonchev–Trinajstić information content (AvgIpc) is 3.71. The molecule has 4 aromatic rings. The van der Waals surface area contributed by atoms with E-state index in [0.29, 0.717) is 16.8 Å². The first-order valence-electron chi connectivity index (χ1n) is 15.6. The zero-order valence-corrected chi connectivity index (χ0v) is 28.5. The van der Waals surface area contributed by atoms with Crippen molar-refractivity contribution in [3.8, 4) is 0 Å². The molecule has 0 fully saturated rings. The van der Waals surface area contributed by atoms with E-state index in [2.05, 4.69) is 21.1 Å². The molecule has 0 aliphatic carbocycles. The number of nitrogens with one attached hydrogen (secondary N) is 4. The number of halogens is 2. The quantitative estimate of drug-likeness (QED) is 0.112. The van der Waals surface area contributed by atoms with Gasteiger partial charge >= 0.3 is 11.9 Å². The van der Waals surface area contributed by atoms with Gasteiger partial charge in [0.05, 0.1) is 39.3 Å². The number of hydrogen-bond acceptors (Lipinski definition) is 8. The second-order valence-corrected chi connectivity index (χ2v) is 12.9. The Morgan fingerprint density at radius 2 is 1.60 bits per heavy atom. The number of hydrogen-bond donors (Lipinski definition) is 5. The van der Waals surface area contributed by atoms with Crippen molar-refractivity contribution in [1.82, 2.24) is 21.1 Å². The summed E-state index contributed by atoms with van der Waals surface area (Å²) in [7, 11) is 0. The monoisotopic (exact) mass is 720 g/mol. The Hall–Kier alpha value is -5.17. The highest BCUT2D eigenvalue weighted by Gasteiger charge is 2.46. The first kappa shape index (κ1) is 36.1. The third-order valence-corrected chi connectivity index (χ3v) is 8.77. The van der Waals surface area contributed by atoms with Gasteiger partial charge in [-0.2, -0.15) is 0 Å². The Balaban J connectivity index is 1.39. The minimum atomic E-state index is -1.78. The van der Waals surface area contributed by atoms with E-state index in [1.165, 1.54) is 24.3 Å². The molecule has 1 aliphatic rings. The third kappa shape index (κ3) is 8.16. The highest BCUT2D eigenvalue weighted by atomic mass is 35.5. The number of H-pyrrole nitrogens is 1. The summed E-state index contributed by atoms with van der Waals surface area (Å²) >= 11 is 12.1. The molecule has 14 heteroatoms. The molecule has 1 unspecified atom stereocenters. The summed E-state index contributed by atoms with van der Waals surface area (Å²) in [5, 5.41) is 15.9. The van der Waals surface area contributed by atoms with Crippen LogP contribution in [0.5, 0.6) is 0 Å². The zero-order valence-electron chi connectivity index (χ0n) is 27.0. The predicted molar refractivity (Wildman–Crippen MR) is 186 cm³/mol. The number of aromatic amines is 1. The van der Waals surface area contributed by atoms with E-state index in [0.717, 1.165) is 10.9 Å². The number of esters is 1. The molecule has 260 valence electrons. The number of amides is 2. The van der Waals surface area contributed by atoms with E-state index in [4.69, 9.17) is 32.8 Å². The van der Waals surface area contributed by atoms with Crippen LogP contribution >= 0.6 is 23.2 Å². The molecule has 0 radical (unpaired) electrons. The number of fused-ring (bicyclic) bond motifs is 1. The van der Waals surface area contributed by atoms with Crippen LogP contribution in [0.15, 0.2) is 90.8 Å². The second kappa shape index (κ2) is 15.6. The van der Waals surface area contributed by atoms with Gasteiger partial charge in [0.2, 0.25) is 0 Å². The number of ether oxygens (including phenoxy) is 1. The molecule has 0 bridgehead atoms. The summed E-state index contributed by atoms with van der Waals surface area (Å²) < 4.78 is 5.11. The van der Waals surface area contributed by atoms with Crippen LogP contribution in [0, 0.1) is 5.92 Å². The van der Waals surface area contributed by atoms with Gasteiger partial charge in [-0.1, -0.05) is 91.6 Å². The summed E-state index contributed by atoms with van der Waals surface area (Å²) in [6, 6.07) is 18.4. The van der Waals surface area contributed by atoms with Gasteiger partial charge in [-0.25, -0.2) is 4.79 Å². The number of benzene rings is 3. The van der Waals surface area contributed by atoms with Gasteiger partial charge in [0.1, 0.15) is 6.04 Å².